The van der Waals surface area contributed by atoms with Crippen molar-refractivity contribution in [1.29, 1.82) is 5.53 Å². The molecule has 1 atom stereocenters. The van der Waals surface area contributed by atoms with Crippen molar-refractivity contribution in [3.63, 3.8) is 0 Å². The molecule has 0 bridgehead atoms. The first kappa shape index (κ1) is 18.9. The van der Waals surface area contributed by atoms with Gasteiger partial charge in [-0.3, -0.25) is 9.69 Å². The number of hydrogen-bond acceptors (Lipinski definition) is 7. The topological polar surface area (TPSA) is 103 Å². The number of nitrogens with one attached hydrogen (secondary N) is 3. The van der Waals surface area contributed by atoms with Gasteiger partial charge in [0, 0.05) is 43.0 Å². The van der Waals surface area contributed by atoms with Crippen LogP contribution in [0.1, 0.15) is 12.5 Å². The van der Waals surface area contributed by atoms with Gasteiger partial charge in [0.2, 0.25) is 5.91 Å². The molecule has 0 unspecified atom stereocenters. The minimum Gasteiger partial charge on any atom is -0.392 e. The highest BCUT2D eigenvalue weighted by Gasteiger charge is 2.21. The van der Waals surface area contributed by atoms with E-state index in [9.17, 15) is 4.79 Å². The third kappa shape index (κ3) is 4.66. The predicted octanol–water partition coefficient (Wildman–Crippen LogP) is 2.44. The van der Waals surface area contributed by atoms with Crippen LogP contribution in [0.4, 0.5) is 5.82 Å². The predicted molar refractivity (Wildman–Crippen MR) is 104 cm³/mol. The molecule has 8 nitrogen and oxygen atoms in total. The summed E-state index contributed by atoms with van der Waals surface area (Å²) in [6, 6.07) is 7.80. The Morgan fingerprint density at radius 3 is 3.04 bits per heavy atom. The molecular weight excluding hydrogens is 344 g/mol. The Kier molecular flexibility index (Phi) is 6.10. The number of nitrogens with zero attached hydrogens (tertiary/aromatic N) is 3. The van der Waals surface area contributed by atoms with E-state index in [1.165, 1.54) is 0 Å². The maximum atomic E-state index is 12.4. The smallest absolute Gasteiger partial charge is 0.239 e. The van der Waals surface area contributed by atoms with Gasteiger partial charge in [-0.1, -0.05) is 12.1 Å². The molecule has 142 valence electrons. The van der Waals surface area contributed by atoms with Crippen LogP contribution >= 0.6 is 0 Å². The van der Waals surface area contributed by atoms with E-state index < -0.39 is 0 Å². The Hall–Kier alpha value is -2.84. The molecule has 1 aromatic carbocycles. The average Bonchev–Trinajstić information content (AvgIpc) is 2.67. The largest absolute Gasteiger partial charge is 0.392 e. The summed E-state index contributed by atoms with van der Waals surface area (Å²) in [6.45, 7) is 4.42. The molecule has 0 radical (unpaired) electrons. The zero-order chi connectivity index (χ0) is 19.2. The summed E-state index contributed by atoms with van der Waals surface area (Å²) in [5.41, 5.74) is 8.66. The summed E-state index contributed by atoms with van der Waals surface area (Å²) in [5.74, 6) is 0.413. The van der Waals surface area contributed by atoms with Gasteiger partial charge in [-0.15, -0.1) is 0 Å². The number of pyridine rings is 1. The number of rotatable bonds is 6. The summed E-state index contributed by atoms with van der Waals surface area (Å²) < 4.78 is 5.40. The minimum absolute atomic E-state index is 0.0938. The molecule has 1 aliphatic heterocycles. The van der Waals surface area contributed by atoms with E-state index in [0.717, 1.165) is 22.9 Å². The van der Waals surface area contributed by atoms with Gasteiger partial charge >= 0.3 is 0 Å². The molecule has 3 rings (SSSR count). The minimum atomic E-state index is -0.0938. The van der Waals surface area contributed by atoms with Gasteiger partial charge in [-0.05, 0) is 24.4 Å². The van der Waals surface area contributed by atoms with E-state index in [1.54, 1.807) is 19.4 Å². The Morgan fingerprint density at radius 1 is 1.44 bits per heavy atom. The van der Waals surface area contributed by atoms with E-state index >= 15 is 0 Å². The van der Waals surface area contributed by atoms with Crippen LogP contribution in [0.15, 0.2) is 41.8 Å². The molecule has 0 aliphatic carbocycles. The fourth-order valence-electron chi connectivity index (χ4n) is 3.05. The summed E-state index contributed by atoms with van der Waals surface area (Å²) in [5, 5.41) is 11.2. The highest BCUT2D eigenvalue weighted by Crippen LogP contribution is 2.23. The van der Waals surface area contributed by atoms with Gasteiger partial charge in [-0.2, -0.15) is 5.11 Å². The molecule has 3 N–H and O–H groups in total. The number of fused-ring (bicyclic) bond motifs is 1. The summed E-state index contributed by atoms with van der Waals surface area (Å²) in [7, 11) is 1.76. The van der Waals surface area contributed by atoms with E-state index in [-0.39, 0.29) is 11.9 Å². The third-order valence-corrected chi connectivity index (χ3v) is 4.54. The highest BCUT2D eigenvalue weighted by atomic mass is 16.5. The van der Waals surface area contributed by atoms with E-state index in [0.29, 0.717) is 31.3 Å². The van der Waals surface area contributed by atoms with Gasteiger partial charge in [0.15, 0.2) is 0 Å². The Balaban J connectivity index is 1.75. The van der Waals surface area contributed by atoms with Crippen LogP contribution < -0.4 is 10.6 Å². The molecule has 1 amide bonds. The SMILES string of the molecule is CN/C=C(\N=N)c1ccc2cnc(NC(=O)CN3CCOC[C@@H]3C)cc2c1. The van der Waals surface area contributed by atoms with Crippen LogP contribution in [-0.4, -0.2) is 55.2 Å². The van der Waals surface area contributed by atoms with Crippen molar-refractivity contribution in [2.75, 3.05) is 38.7 Å². The van der Waals surface area contributed by atoms with Crippen LogP contribution in [0.25, 0.3) is 16.5 Å². The Morgan fingerprint density at radius 2 is 2.30 bits per heavy atom. The number of aromatic nitrogens is 1. The zero-order valence-electron chi connectivity index (χ0n) is 15.5. The average molecular weight is 368 g/mol. The van der Waals surface area contributed by atoms with Gasteiger partial charge in [-0.25, -0.2) is 10.5 Å². The van der Waals surface area contributed by atoms with Crippen molar-refractivity contribution in [2.45, 2.75) is 13.0 Å². The standard InChI is InChI=1S/C19H24N6O2/c1-13-12-27-6-5-25(13)11-19(26)23-18-8-16-7-14(17(24-20)10-21-2)3-4-15(16)9-22-18/h3-4,7-10,13,20-21H,5-6,11-12H2,1-2H3,(H,22,23,26)/b17-10-,24-20?/t13-/m0/s1. The van der Waals surface area contributed by atoms with Crippen LogP contribution in [0.2, 0.25) is 0 Å². The molecule has 1 fully saturated rings. The lowest BCUT2D eigenvalue weighted by molar-refractivity contribution is -0.119. The number of carbonyl (C=O) groups excluding carboxylic acids is 1. The van der Waals surface area contributed by atoms with Crippen molar-refractivity contribution in [2.24, 2.45) is 5.11 Å². The number of hydrogen-bond donors (Lipinski definition) is 3. The molecule has 27 heavy (non-hydrogen) atoms. The molecule has 1 aliphatic rings. The second-order valence-electron chi connectivity index (χ2n) is 6.50. The zero-order valence-corrected chi connectivity index (χ0v) is 15.5. The van der Waals surface area contributed by atoms with Crippen molar-refractivity contribution >= 4 is 28.2 Å². The van der Waals surface area contributed by atoms with Crippen molar-refractivity contribution in [1.82, 2.24) is 15.2 Å². The first-order valence-electron chi connectivity index (χ1n) is 8.87. The maximum absolute atomic E-state index is 12.4. The molecular formula is C19H24N6O2. The molecule has 2 aromatic rings. The quantitative estimate of drug-likeness (QED) is 0.680. The maximum Gasteiger partial charge on any atom is 0.239 e. The Labute approximate surface area is 158 Å². The summed E-state index contributed by atoms with van der Waals surface area (Å²) in [4.78, 5) is 18.8. The molecule has 2 heterocycles. The fraction of sp³-hybridized carbons (Fsp3) is 0.368. The van der Waals surface area contributed by atoms with Gasteiger partial charge in [0.05, 0.1) is 19.8 Å². The molecule has 1 aromatic heterocycles. The van der Waals surface area contributed by atoms with Gasteiger partial charge in [0.1, 0.15) is 11.5 Å². The lowest BCUT2D eigenvalue weighted by atomic mass is 10.1. The molecule has 0 saturated carbocycles. The van der Waals surface area contributed by atoms with Crippen LogP contribution in [-0.2, 0) is 9.53 Å². The lowest BCUT2D eigenvalue weighted by Gasteiger charge is -2.32. The molecule has 1 saturated heterocycles. The van der Waals surface area contributed by atoms with Crippen LogP contribution in [0, 0.1) is 5.53 Å². The van der Waals surface area contributed by atoms with Crippen LogP contribution in [0.3, 0.4) is 0 Å². The second-order valence-corrected chi connectivity index (χ2v) is 6.50. The number of carbonyl (C=O) groups is 1. The first-order valence-corrected chi connectivity index (χ1v) is 8.87. The van der Waals surface area contributed by atoms with E-state index in [2.05, 4.69) is 32.6 Å². The fourth-order valence-corrected chi connectivity index (χ4v) is 3.05. The number of amides is 1. The normalized spacial score (nSPS) is 18.3. The van der Waals surface area contributed by atoms with Crippen molar-refractivity contribution in [3.05, 3.63) is 42.2 Å². The second kappa shape index (κ2) is 8.70. The number of morpholine rings is 1. The highest BCUT2D eigenvalue weighted by molar-refractivity contribution is 5.94. The third-order valence-electron chi connectivity index (χ3n) is 4.54. The van der Waals surface area contributed by atoms with Gasteiger partial charge in [0.25, 0.3) is 0 Å². The number of ether oxygens (including phenoxy) is 1. The number of benzene rings is 1. The summed E-state index contributed by atoms with van der Waals surface area (Å²) in [6.07, 6.45) is 3.40. The van der Waals surface area contributed by atoms with Crippen LogP contribution in [0.5, 0.6) is 0 Å². The summed E-state index contributed by atoms with van der Waals surface area (Å²) >= 11 is 0. The molecule has 0 spiro atoms. The monoisotopic (exact) mass is 368 g/mol. The first-order chi connectivity index (χ1) is 13.1. The van der Waals surface area contributed by atoms with E-state index in [4.69, 9.17) is 10.3 Å². The number of anilines is 1. The van der Waals surface area contributed by atoms with Crippen molar-refractivity contribution in [3.8, 4) is 0 Å². The Bertz CT molecular complexity index is 866. The molecule has 8 heteroatoms. The van der Waals surface area contributed by atoms with E-state index in [1.807, 2.05) is 24.3 Å². The van der Waals surface area contributed by atoms with Crippen molar-refractivity contribution < 1.29 is 9.53 Å². The lowest BCUT2D eigenvalue weighted by Crippen LogP contribution is -2.47. The van der Waals surface area contributed by atoms with Gasteiger partial charge < -0.3 is 15.4 Å².